The highest BCUT2D eigenvalue weighted by molar-refractivity contribution is 5.75. The monoisotopic (exact) mass is 349 g/mol. The van der Waals surface area contributed by atoms with Gasteiger partial charge in [-0.1, -0.05) is 0 Å². The molecule has 2 aliphatic rings. The van der Waals surface area contributed by atoms with Crippen LogP contribution in [0.3, 0.4) is 0 Å². The van der Waals surface area contributed by atoms with Gasteiger partial charge in [0.1, 0.15) is 6.54 Å². The Morgan fingerprint density at radius 3 is 2.96 bits per heavy atom. The van der Waals surface area contributed by atoms with Crippen LogP contribution in [-0.2, 0) is 16.1 Å². The van der Waals surface area contributed by atoms with Gasteiger partial charge in [-0.2, -0.15) is 5.10 Å². The molecule has 2 saturated heterocycles. The van der Waals surface area contributed by atoms with E-state index in [0.717, 1.165) is 64.3 Å². The topological polar surface area (TPSA) is 88.5 Å². The van der Waals surface area contributed by atoms with E-state index in [9.17, 15) is 9.59 Å². The first-order chi connectivity index (χ1) is 12.2. The molecule has 8 nitrogen and oxygen atoms in total. The van der Waals surface area contributed by atoms with Crippen molar-refractivity contribution in [3.05, 3.63) is 22.6 Å². The number of carbonyl (C=O) groups is 1. The highest BCUT2D eigenvalue weighted by Crippen LogP contribution is 2.17. The van der Waals surface area contributed by atoms with Gasteiger partial charge < -0.3 is 20.3 Å². The number of ether oxygens (including phenoxy) is 1. The molecule has 1 aromatic rings. The summed E-state index contributed by atoms with van der Waals surface area (Å²) in [5.74, 6) is 0.450. The lowest BCUT2D eigenvalue weighted by Gasteiger charge is -2.28. The largest absolute Gasteiger partial charge is 0.381 e. The summed E-state index contributed by atoms with van der Waals surface area (Å²) >= 11 is 0. The highest BCUT2D eigenvalue weighted by atomic mass is 16.5. The molecule has 0 bridgehead atoms. The number of piperazine rings is 1. The van der Waals surface area contributed by atoms with E-state index in [0.29, 0.717) is 12.5 Å². The van der Waals surface area contributed by atoms with Crippen LogP contribution in [0.4, 0.5) is 5.69 Å². The average Bonchev–Trinajstić information content (AvgIpc) is 3.15. The summed E-state index contributed by atoms with van der Waals surface area (Å²) in [6.07, 6.45) is 4.79. The van der Waals surface area contributed by atoms with E-state index in [2.05, 4.69) is 20.6 Å². The molecule has 0 radical (unpaired) electrons. The Labute approximate surface area is 147 Å². The van der Waals surface area contributed by atoms with Gasteiger partial charge in [0, 0.05) is 52.0 Å². The third kappa shape index (κ3) is 5.27. The second-order valence-corrected chi connectivity index (χ2v) is 6.67. The van der Waals surface area contributed by atoms with Crippen LogP contribution in [0.2, 0.25) is 0 Å². The quantitative estimate of drug-likeness (QED) is 0.651. The molecular formula is C17H27N5O3. The number of anilines is 1. The Bertz CT molecular complexity index is 621. The van der Waals surface area contributed by atoms with Crippen molar-refractivity contribution in [2.75, 3.05) is 50.8 Å². The van der Waals surface area contributed by atoms with Crippen LogP contribution in [-0.4, -0.2) is 61.6 Å². The molecule has 3 heterocycles. The average molecular weight is 349 g/mol. The Morgan fingerprint density at radius 1 is 1.40 bits per heavy atom. The standard InChI is InChI=1S/C17H27N5O3/c23-16(19-4-1-2-14-3-9-25-13-14)12-22-17(24)10-15(11-20-22)21-7-5-18-6-8-21/h10-11,14,18H,1-9,12-13H2,(H,19,23). The van der Waals surface area contributed by atoms with Crippen LogP contribution in [0.1, 0.15) is 19.3 Å². The molecule has 25 heavy (non-hydrogen) atoms. The molecule has 0 saturated carbocycles. The molecule has 2 aliphatic heterocycles. The van der Waals surface area contributed by atoms with E-state index in [1.165, 1.54) is 4.68 Å². The fraction of sp³-hybridized carbons (Fsp3) is 0.706. The molecule has 1 aromatic heterocycles. The van der Waals surface area contributed by atoms with Crippen molar-refractivity contribution in [2.45, 2.75) is 25.8 Å². The molecule has 138 valence electrons. The number of hydrogen-bond acceptors (Lipinski definition) is 6. The van der Waals surface area contributed by atoms with Gasteiger partial charge in [-0.15, -0.1) is 0 Å². The zero-order valence-electron chi connectivity index (χ0n) is 14.6. The van der Waals surface area contributed by atoms with Gasteiger partial charge in [0.15, 0.2) is 0 Å². The van der Waals surface area contributed by atoms with Crippen molar-refractivity contribution in [3.8, 4) is 0 Å². The van der Waals surface area contributed by atoms with Crippen LogP contribution < -0.4 is 21.1 Å². The van der Waals surface area contributed by atoms with Crippen molar-refractivity contribution >= 4 is 11.6 Å². The predicted octanol–water partition coefficient (Wildman–Crippen LogP) is -0.414. The molecule has 2 N–H and O–H groups in total. The van der Waals surface area contributed by atoms with E-state index in [1.807, 2.05) is 0 Å². The maximum absolute atomic E-state index is 12.2. The van der Waals surface area contributed by atoms with Crippen LogP contribution in [0, 0.1) is 5.92 Å². The Kier molecular flexibility index (Phi) is 6.41. The van der Waals surface area contributed by atoms with Crippen molar-refractivity contribution in [3.63, 3.8) is 0 Å². The summed E-state index contributed by atoms with van der Waals surface area (Å²) in [5, 5.41) is 10.3. The molecule has 2 fully saturated rings. The summed E-state index contributed by atoms with van der Waals surface area (Å²) in [5.41, 5.74) is 0.580. The summed E-state index contributed by atoms with van der Waals surface area (Å²) in [7, 11) is 0. The third-order valence-electron chi connectivity index (χ3n) is 4.77. The van der Waals surface area contributed by atoms with E-state index < -0.39 is 0 Å². The minimum absolute atomic E-state index is 0.0345. The summed E-state index contributed by atoms with van der Waals surface area (Å²) in [4.78, 5) is 26.3. The zero-order chi connectivity index (χ0) is 17.5. The van der Waals surface area contributed by atoms with E-state index in [1.54, 1.807) is 12.3 Å². The van der Waals surface area contributed by atoms with Crippen molar-refractivity contribution in [1.82, 2.24) is 20.4 Å². The molecule has 1 unspecified atom stereocenters. The highest BCUT2D eigenvalue weighted by Gasteiger charge is 2.15. The summed E-state index contributed by atoms with van der Waals surface area (Å²) < 4.78 is 6.55. The minimum Gasteiger partial charge on any atom is -0.381 e. The van der Waals surface area contributed by atoms with Gasteiger partial charge in [0.2, 0.25) is 5.91 Å². The third-order valence-corrected chi connectivity index (χ3v) is 4.77. The first-order valence-electron chi connectivity index (χ1n) is 9.09. The first kappa shape index (κ1) is 17.9. The van der Waals surface area contributed by atoms with Crippen LogP contribution in [0.15, 0.2) is 17.1 Å². The number of nitrogens with one attached hydrogen (secondary N) is 2. The van der Waals surface area contributed by atoms with Gasteiger partial charge in [-0.25, -0.2) is 4.68 Å². The first-order valence-corrected chi connectivity index (χ1v) is 9.09. The number of amides is 1. The fourth-order valence-electron chi connectivity index (χ4n) is 3.26. The maximum Gasteiger partial charge on any atom is 0.269 e. The number of hydrogen-bond donors (Lipinski definition) is 2. The van der Waals surface area contributed by atoms with Crippen molar-refractivity contribution in [1.29, 1.82) is 0 Å². The van der Waals surface area contributed by atoms with Crippen molar-refractivity contribution < 1.29 is 9.53 Å². The smallest absolute Gasteiger partial charge is 0.269 e. The maximum atomic E-state index is 12.2. The minimum atomic E-state index is -0.241. The lowest BCUT2D eigenvalue weighted by atomic mass is 10.0. The van der Waals surface area contributed by atoms with Crippen LogP contribution >= 0.6 is 0 Å². The van der Waals surface area contributed by atoms with Gasteiger partial charge >= 0.3 is 0 Å². The van der Waals surface area contributed by atoms with E-state index in [-0.39, 0.29) is 18.0 Å². The second kappa shape index (κ2) is 8.96. The van der Waals surface area contributed by atoms with Gasteiger partial charge in [0.05, 0.1) is 11.9 Å². The molecule has 1 amide bonds. The van der Waals surface area contributed by atoms with Crippen LogP contribution in [0.5, 0.6) is 0 Å². The molecule has 0 aliphatic carbocycles. The normalized spacial score (nSPS) is 20.6. The lowest BCUT2D eigenvalue weighted by Crippen LogP contribution is -2.44. The second-order valence-electron chi connectivity index (χ2n) is 6.67. The number of rotatable bonds is 7. The molecule has 0 aromatic carbocycles. The van der Waals surface area contributed by atoms with Crippen molar-refractivity contribution in [2.24, 2.45) is 5.92 Å². The lowest BCUT2D eigenvalue weighted by molar-refractivity contribution is -0.121. The zero-order valence-corrected chi connectivity index (χ0v) is 14.6. The van der Waals surface area contributed by atoms with Gasteiger partial charge in [0.25, 0.3) is 5.56 Å². The molecule has 1 atom stereocenters. The SMILES string of the molecule is O=C(Cn1ncc(N2CCNCC2)cc1=O)NCCCC1CCOC1. The number of nitrogens with zero attached hydrogens (tertiary/aromatic N) is 3. The van der Waals surface area contributed by atoms with E-state index >= 15 is 0 Å². The van der Waals surface area contributed by atoms with Crippen LogP contribution in [0.25, 0.3) is 0 Å². The Balaban J connectivity index is 1.43. The molecule has 0 spiro atoms. The van der Waals surface area contributed by atoms with Gasteiger partial charge in [-0.05, 0) is 25.2 Å². The summed E-state index contributed by atoms with van der Waals surface area (Å²) in [6.45, 7) is 5.81. The summed E-state index contributed by atoms with van der Waals surface area (Å²) in [6, 6.07) is 1.56. The Hall–Kier alpha value is -1.93. The molecular weight excluding hydrogens is 322 g/mol. The number of aromatic nitrogens is 2. The molecule has 3 rings (SSSR count). The fourth-order valence-corrected chi connectivity index (χ4v) is 3.26. The number of carbonyl (C=O) groups excluding carboxylic acids is 1. The predicted molar refractivity (Wildman–Crippen MR) is 94.7 cm³/mol. The van der Waals surface area contributed by atoms with Gasteiger partial charge in [-0.3, -0.25) is 9.59 Å². The molecule has 8 heteroatoms. The van der Waals surface area contributed by atoms with E-state index in [4.69, 9.17) is 4.74 Å². The Morgan fingerprint density at radius 2 is 2.24 bits per heavy atom.